The molecule has 0 aliphatic rings. The molecule has 0 spiro atoms. The van der Waals surface area contributed by atoms with Gasteiger partial charge in [0.15, 0.2) is 5.96 Å². The highest BCUT2D eigenvalue weighted by atomic mass is 16.4. The van der Waals surface area contributed by atoms with Crippen molar-refractivity contribution in [3.8, 4) is 0 Å². The van der Waals surface area contributed by atoms with Crippen molar-refractivity contribution < 1.29 is 34.2 Å². The molecule has 4 atom stereocenters. The third kappa shape index (κ3) is 11.7. The van der Waals surface area contributed by atoms with E-state index in [1.165, 1.54) is 6.92 Å². The van der Waals surface area contributed by atoms with E-state index in [2.05, 4.69) is 20.9 Å². The van der Waals surface area contributed by atoms with Gasteiger partial charge in [0.05, 0.1) is 12.6 Å². The van der Waals surface area contributed by atoms with E-state index >= 15 is 0 Å². The predicted octanol–water partition coefficient (Wildman–Crippen LogP) is -4.82. The van der Waals surface area contributed by atoms with Gasteiger partial charge in [-0.1, -0.05) is 0 Å². The third-order valence-electron chi connectivity index (χ3n) is 4.10. The Labute approximate surface area is 184 Å². The molecule has 4 unspecified atom stereocenters. The van der Waals surface area contributed by atoms with E-state index in [0.29, 0.717) is 0 Å². The van der Waals surface area contributed by atoms with Crippen LogP contribution in [0, 0.1) is 0 Å². The third-order valence-corrected chi connectivity index (χ3v) is 4.10. The highest BCUT2D eigenvalue weighted by Crippen LogP contribution is 2.04. The second kappa shape index (κ2) is 14.5. The maximum atomic E-state index is 12.6. The number of aliphatic imine (C=N–C) groups is 1. The van der Waals surface area contributed by atoms with Gasteiger partial charge in [0, 0.05) is 13.0 Å². The number of primary amides is 1. The van der Waals surface area contributed by atoms with E-state index in [9.17, 15) is 34.2 Å². The van der Waals surface area contributed by atoms with Crippen LogP contribution in [0.15, 0.2) is 4.99 Å². The average molecular weight is 460 g/mol. The fourth-order valence-electron chi connectivity index (χ4n) is 2.36. The van der Waals surface area contributed by atoms with E-state index in [4.69, 9.17) is 22.9 Å². The van der Waals surface area contributed by atoms with E-state index in [-0.39, 0.29) is 38.2 Å². The maximum Gasteiger partial charge on any atom is 0.326 e. The monoisotopic (exact) mass is 460 g/mol. The van der Waals surface area contributed by atoms with Crippen molar-refractivity contribution >= 4 is 35.6 Å². The predicted molar refractivity (Wildman–Crippen MR) is 113 cm³/mol. The smallest absolute Gasteiger partial charge is 0.326 e. The number of hydrogen-bond acceptors (Lipinski definition) is 8. The Morgan fingerprint density at radius 2 is 1.41 bits per heavy atom. The Hall–Kier alpha value is -3.46. The van der Waals surface area contributed by atoms with Gasteiger partial charge in [-0.05, 0) is 26.2 Å². The van der Waals surface area contributed by atoms with Gasteiger partial charge in [-0.3, -0.25) is 24.2 Å². The van der Waals surface area contributed by atoms with Gasteiger partial charge in [-0.2, -0.15) is 0 Å². The van der Waals surface area contributed by atoms with Gasteiger partial charge < -0.3 is 49.1 Å². The second-order valence-electron chi connectivity index (χ2n) is 6.95. The number of rotatable bonds is 15. The molecule has 0 saturated carbocycles. The number of nitrogens with two attached hydrogens (primary N) is 4. The van der Waals surface area contributed by atoms with E-state index < -0.39 is 60.4 Å². The quantitative estimate of drug-likeness (QED) is 0.0638. The molecule has 182 valence electrons. The molecule has 4 amide bonds. The van der Waals surface area contributed by atoms with Gasteiger partial charge in [-0.15, -0.1) is 0 Å². The summed E-state index contributed by atoms with van der Waals surface area (Å²) < 4.78 is 0. The highest BCUT2D eigenvalue weighted by Gasteiger charge is 2.29. The summed E-state index contributed by atoms with van der Waals surface area (Å²) in [5.74, 6) is -4.79. The average Bonchev–Trinajstić information content (AvgIpc) is 2.70. The normalized spacial score (nSPS) is 14.2. The lowest BCUT2D eigenvalue weighted by molar-refractivity contribution is -0.142. The first kappa shape index (κ1) is 28.5. The molecule has 0 rings (SSSR count). The maximum absolute atomic E-state index is 12.6. The van der Waals surface area contributed by atoms with Crippen molar-refractivity contribution in [1.29, 1.82) is 0 Å². The molecule has 0 fully saturated rings. The van der Waals surface area contributed by atoms with Crippen LogP contribution in [0.25, 0.3) is 0 Å². The zero-order valence-corrected chi connectivity index (χ0v) is 17.7. The number of carboxylic acid groups (broad SMARTS) is 1. The zero-order valence-electron chi connectivity index (χ0n) is 17.7. The number of amides is 4. The number of nitrogens with one attached hydrogen (secondary N) is 3. The molecule has 15 heteroatoms. The van der Waals surface area contributed by atoms with E-state index in [1.807, 2.05) is 0 Å². The van der Waals surface area contributed by atoms with Gasteiger partial charge in [0.25, 0.3) is 0 Å². The lowest BCUT2D eigenvalue weighted by Crippen LogP contribution is -2.57. The second-order valence-corrected chi connectivity index (χ2v) is 6.95. The van der Waals surface area contributed by atoms with Crippen molar-refractivity contribution in [2.24, 2.45) is 27.9 Å². The molecule has 0 aromatic carbocycles. The Morgan fingerprint density at radius 3 is 1.88 bits per heavy atom. The fraction of sp³-hybridized carbons (Fsp3) is 0.647. The lowest BCUT2D eigenvalue weighted by atomic mass is 10.1. The summed E-state index contributed by atoms with van der Waals surface area (Å²) in [7, 11) is 0. The number of aliphatic carboxylic acids is 1. The number of carboxylic acids is 1. The van der Waals surface area contributed by atoms with Gasteiger partial charge >= 0.3 is 5.97 Å². The largest absolute Gasteiger partial charge is 0.480 e. The molecule has 15 nitrogen and oxygen atoms in total. The topological polar surface area (TPSA) is 278 Å². The van der Waals surface area contributed by atoms with Crippen LogP contribution in [0.2, 0.25) is 0 Å². The SMILES string of the molecule is CC(N)C(=O)NC(CO)C(=O)NC(CCCN=C(N)N)C(=O)NC(CCC(N)=O)C(=O)O. The van der Waals surface area contributed by atoms with Crippen LogP contribution in [0.5, 0.6) is 0 Å². The minimum atomic E-state index is -1.43. The van der Waals surface area contributed by atoms with E-state index in [0.717, 1.165) is 0 Å². The van der Waals surface area contributed by atoms with Crippen molar-refractivity contribution in [1.82, 2.24) is 16.0 Å². The molecule has 0 aliphatic heterocycles. The molecule has 0 heterocycles. The number of carbonyl (C=O) groups is 5. The summed E-state index contributed by atoms with van der Waals surface area (Å²) in [5, 5.41) is 25.5. The zero-order chi connectivity index (χ0) is 24.8. The van der Waals surface area contributed by atoms with Gasteiger partial charge in [0.1, 0.15) is 18.1 Å². The first-order chi connectivity index (χ1) is 14.9. The van der Waals surface area contributed by atoms with Crippen molar-refractivity contribution in [3.63, 3.8) is 0 Å². The molecule has 13 N–H and O–H groups in total. The van der Waals surface area contributed by atoms with Crippen molar-refractivity contribution in [3.05, 3.63) is 0 Å². The van der Waals surface area contributed by atoms with Crippen LogP contribution < -0.4 is 38.9 Å². The van der Waals surface area contributed by atoms with Crippen LogP contribution in [0.4, 0.5) is 0 Å². The molecule has 0 aliphatic carbocycles. The molecule has 32 heavy (non-hydrogen) atoms. The molecule has 0 bridgehead atoms. The Bertz CT molecular complexity index is 709. The van der Waals surface area contributed by atoms with Crippen LogP contribution in [0.3, 0.4) is 0 Å². The van der Waals surface area contributed by atoms with Crippen LogP contribution in [-0.2, 0) is 24.0 Å². The Morgan fingerprint density at radius 1 is 0.875 bits per heavy atom. The van der Waals surface area contributed by atoms with Crippen molar-refractivity contribution in [2.45, 2.75) is 56.8 Å². The summed E-state index contributed by atoms with van der Waals surface area (Å²) in [4.78, 5) is 62.9. The number of nitrogens with zero attached hydrogens (tertiary/aromatic N) is 1. The molecule has 0 saturated heterocycles. The molecule has 0 radical (unpaired) electrons. The number of aliphatic hydroxyl groups is 1. The summed E-state index contributed by atoms with van der Waals surface area (Å²) in [6.07, 6.45) is -0.315. The number of guanidine groups is 1. The first-order valence-electron chi connectivity index (χ1n) is 9.73. The van der Waals surface area contributed by atoms with Crippen LogP contribution in [-0.4, -0.2) is 83.1 Å². The van der Waals surface area contributed by atoms with E-state index in [1.54, 1.807) is 0 Å². The molecular formula is C17H32N8O7. The summed E-state index contributed by atoms with van der Waals surface area (Å²) in [6, 6.07) is -5.03. The van der Waals surface area contributed by atoms with Crippen molar-refractivity contribution in [2.75, 3.05) is 13.2 Å². The van der Waals surface area contributed by atoms with Gasteiger partial charge in [0.2, 0.25) is 23.6 Å². The number of aliphatic hydroxyl groups excluding tert-OH is 1. The van der Waals surface area contributed by atoms with Crippen LogP contribution in [0.1, 0.15) is 32.6 Å². The standard InChI is InChI=1S/C17H32N8O7/c1-8(18)13(28)25-11(7-26)15(30)23-9(3-2-6-22-17(20)21)14(29)24-10(16(31)32)4-5-12(19)27/h8-11,26H,2-7,18H2,1H3,(H2,19,27)(H,23,30)(H,24,29)(H,25,28)(H,31,32)(H4,20,21,22). The van der Waals surface area contributed by atoms with Gasteiger partial charge in [-0.25, -0.2) is 4.79 Å². The summed E-state index contributed by atoms with van der Waals surface area (Å²) >= 11 is 0. The number of carbonyl (C=O) groups excluding carboxylic acids is 4. The minimum absolute atomic E-state index is 0.00407. The highest BCUT2D eigenvalue weighted by molar-refractivity contribution is 5.94. The first-order valence-corrected chi connectivity index (χ1v) is 9.73. The minimum Gasteiger partial charge on any atom is -0.480 e. The summed E-state index contributed by atoms with van der Waals surface area (Å²) in [5.41, 5.74) is 20.9. The molecule has 0 aromatic heterocycles. The van der Waals surface area contributed by atoms with Crippen LogP contribution >= 0.6 is 0 Å². The molecular weight excluding hydrogens is 428 g/mol. The Kier molecular flexibility index (Phi) is 13.0. The lowest BCUT2D eigenvalue weighted by Gasteiger charge is -2.24. The summed E-state index contributed by atoms with van der Waals surface area (Å²) in [6.45, 7) is 0.722. The fourth-order valence-corrected chi connectivity index (χ4v) is 2.36. The Balaban J connectivity index is 5.36. The molecule has 0 aromatic rings. The number of hydrogen-bond donors (Lipinski definition) is 9.